The van der Waals surface area contributed by atoms with Gasteiger partial charge in [0.05, 0.1) is 16.5 Å². The van der Waals surface area contributed by atoms with Crippen molar-refractivity contribution in [3.8, 4) is 0 Å². The van der Waals surface area contributed by atoms with Gasteiger partial charge >= 0.3 is 12.4 Å². The molecular weight excluding hydrogens is 433 g/mol. The van der Waals surface area contributed by atoms with E-state index in [9.17, 15) is 34.9 Å². The van der Waals surface area contributed by atoms with Crippen LogP contribution in [0.2, 0.25) is 0 Å². The molecule has 0 saturated heterocycles. The zero-order valence-corrected chi connectivity index (χ0v) is 16.4. The van der Waals surface area contributed by atoms with E-state index in [-0.39, 0.29) is 16.2 Å². The number of anilines is 1. The largest absolute Gasteiger partial charge is 0.433 e. The van der Waals surface area contributed by atoms with Crippen LogP contribution in [0, 0.1) is 12.7 Å². The van der Waals surface area contributed by atoms with Crippen LogP contribution in [0.1, 0.15) is 19.4 Å². The van der Waals surface area contributed by atoms with E-state index in [0.29, 0.717) is 16.7 Å². The van der Waals surface area contributed by atoms with Crippen LogP contribution in [-0.4, -0.2) is 22.3 Å². The minimum Gasteiger partial charge on any atom is -0.393 e. The van der Waals surface area contributed by atoms with Gasteiger partial charge in [-0.05, 0) is 38.5 Å². The van der Waals surface area contributed by atoms with Crippen molar-refractivity contribution >= 4 is 28.2 Å². The third kappa shape index (κ3) is 4.65. The molecule has 2 N–H and O–H groups in total. The van der Waals surface area contributed by atoms with E-state index in [1.165, 1.54) is 20.8 Å². The summed E-state index contributed by atoms with van der Waals surface area (Å²) in [6.07, 6.45) is -9.62. The first-order chi connectivity index (χ1) is 12.6. The van der Waals surface area contributed by atoms with E-state index in [4.69, 9.17) is 5.73 Å². The molecule has 0 spiro atoms. The highest BCUT2D eigenvalue weighted by atomic mass is 32.2. The highest BCUT2D eigenvalue weighted by Gasteiger charge is 2.40. The Morgan fingerprint density at radius 2 is 1.71 bits per heavy atom. The van der Waals surface area contributed by atoms with Crippen LogP contribution in [0.25, 0.3) is 0 Å². The van der Waals surface area contributed by atoms with Gasteiger partial charge in [0.1, 0.15) is 22.3 Å². The van der Waals surface area contributed by atoms with E-state index >= 15 is 0 Å². The summed E-state index contributed by atoms with van der Waals surface area (Å²) in [4.78, 5) is 0.965. The summed E-state index contributed by atoms with van der Waals surface area (Å²) in [6, 6.07) is 1.71. The summed E-state index contributed by atoms with van der Waals surface area (Å²) < 4.78 is 104. The topological polar surface area (TPSA) is 46.3 Å². The third-order valence-corrected chi connectivity index (χ3v) is 6.58. The lowest BCUT2D eigenvalue weighted by Crippen LogP contribution is -2.27. The SMILES string of the molecule is CC1=C(C)N(c2cc(S(=O)CC(F)(F)F)c(C)cc2F)C(=C(N)C(F)(F)F)S1. The van der Waals surface area contributed by atoms with Crippen LogP contribution < -0.4 is 10.6 Å². The number of hydrogen-bond donors (Lipinski definition) is 1. The Kier molecular flexibility index (Phi) is 6.15. The van der Waals surface area contributed by atoms with Crippen LogP contribution >= 0.6 is 11.8 Å². The number of nitrogens with two attached hydrogens (primary N) is 1. The van der Waals surface area contributed by atoms with Gasteiger partial charge < -0.3 is 10.6 Å². The average molecular weight is 448 g/mol. The Hall–Kier alpha value is -1.69. The van der Waals surface area contributed by atoms with Gasteiger partial charge in [-0.1, -0.05) is 11.8 Å². The first kappa shape index (κ1) is 22.6. The van der Waals surface area contributed by atoms with Crippen molar-refractivity contribution in [2.45, 2.75) is 38.0 Å². The quantitative estimate of drug-likeness (QED) is 0.638. The van der Waals surface area contributed by atoms with Crippen molar-refractivity contribution in [3.63, 3.8) is 0 Å². The van der Waals surface area contributed by atoms with Gasteiger partial charge in [-0.25, -0.2) is 4.39 Å². The molecule has 0 aliphatic carbocycles. The fraction of sp³-hybridized carbons (Fsp3) is 0.375. The van der Waals surface area contributed by atoms with Crippen LogP contribution in [0.3, 0.4) is 0 Å². The van der Waals surface area contributed by atoms with Crippen LogP contribution in [-0.2, 0) is 10.8 Å². The molecule has 0 saturated carbocycles. The Bertz CT molecular complexity index is 888. The molecule has 0 fully saturated rings. The van der Waals surface area contributed by atoms with Gasteiger partial charge in [-0.15, -0.1) is 0 Å². The first-order valence-electron chi connectivity index (χ1n) is 7.61. The van der Waals surface area contributed by atoms with Gasteiger partial charge in [0.25, 0.3) is 0 Å². The molecule has 1 aromatic rings. The fourth-order valence-corrected chi connectivity index (χ4v) is 4.64. The Balaban J connectivity index is 2.65. The van der Waals surface area contributed by atoms with E-state index in [0.717, 1.165) is 17.0 Å². The zero-order valence-electron chi connectivity index (χ0n) is 14.8. The van der Waals surface area contributed by atoms with E-state index in [1.807, 2.05) is 0 Å². The monoisotopic (exact) mass is 448 g/mol. The van der Waals surface area contributed by atoms with Crippen LogP contribution in [0.4, 0.5) is 36.4 Å². The molecule has 0 amide bonds. The molecule has 0 radical (unpaired) electrons. The molecular formula is C16H15F7N2OS2. The van der Waals surface area contributed by atoms with Gasteiger partial charge in [-0.3, -0.25) is 4.21 Å². The lowest BCUT2D eigenvalue weighted by Gasteiger charge is -2.25. The Morgan fingerprint density at radius 3 is 2.21 bits per heavy atom. The van der Waals surface area contributed by atoms with Crippen molar-refractivity contribution in [1.82, 2.24) is 0 Å². The maximum Gasteiger partial charge on any atom is 0.433 e. The van der Waals surface area contributed by atoms with E-state index in [2.05, 4.69) is 0 Å². The molecule has 1 unspecified atom stereocenters. The summed E-state index contributed by atoms with van der Waals surface area (Å²) in [5.74, 6) is -2.64. The zero-order chi connectivity index (χ0) is 21.6. The molecule has 28 heavy (non-hydrogen) atoms. The fourth-order valence-electron chi connectivity index (χ4n) is 2.45. The number of alkyl halides is 6. The van der Waals surface area contributed by atoms with Gasteiger partial charge in [0.15, 0.2) is 0 Å². The lowest BCUT2D eigenvalue weighted by atomic mass is 10.2. The highest BCUT2D eigenvalue weighted by Crippen LogP contribution is 2.47. The standard InChI is InChI=1S/C16H15F7N2OS2/c1-7-4-10(17)11(5-12(7)28(26)6-15(18,19)20)25-8(2)9(3)27-14(25)13(24)16(21,22)23/h4-5H,6,24H2,1-3H3. The minimum atomic E-state index is -4.89. The van der Waals surface area contributed by atoms with Gasteiger partial charge in [0.2, 0.25) is 0 Å². The Labute approximate surface area is 162 Å². The number of hydrogen-bond acceptors (Lipinski definition) is 4. The predicted molar refractivity (Wildman–Crippen MR) is 94.2 cm³/mol. The lowest BCUT2D eigenvalue weighted by molar-refractivity contribution is -0.105. The van der Waals surface area contributed by atoms with E-state index in [1.54, 1.807) is 0 Å². The molecule has 2 rings (SSSR count). The van der Waals surface area contributed by atoms with Crippen molar-refractivity contribution in [2.24, 2.45) is 5.73 Å². The summed E-state index contributed by atoms with van der Waals surface area (Å²) in [5, 5.41) is -0.516. The molecule has 1 aliphatic rings. The number of aryl methyl sites for hydroxylation is 1. The first-order valence-corrected chi connectivity index (χ1v) is 9.74. The smallest absolute Gasteiger partial charge is 0.393 e. The Morgan fingerprint density at radius 1 is 1.14 bits per heavy atom. The summed E-state index contributed by atoms with van der Waals surface area (Å²) in [7, 11) is -2.55. The van der Waals surface area contributed by atoms with Crippen molar-refractivity contribution in [3.05, 3.63) is 44.8 Å². The molecule has 1 aromatic carbocycles. The summed E-state index contributed by atoms with van der Waals surface area (Å²) >= 11 is 0.666. The number of nitrogens with zero attached hydrogens (tertiary/aromatic N) is 1. The van der Waals surface area contributed by atoms with Gasteiger partial charge in [-0.2, -0.15) is 26.3 Å². The molecule has 1 atom stereocenters. The van der Waals surface area contributed by atoms with E-state index < -0.39 is 51.1 Å². The minimum absolute atomic E-state index is 0.0108. The van der Waals surface area contributed by atoms with Crippen LogP contribution in [0.15, 0.2) is 38.4 Å². The maximum atomic E-state index is 14.6. The maximum absolute atomic E-state index is 14.6. The third-order valence-electron chi connectivity index (χ3n) is 3.86. The molecule has 1 heterocycles. The van der Waals surface area contributed by atoms with Crippen molar-refractivity contribution < 1.29 is 34.9 Å². The average Bonchev–Trinajstić information content (AvgIpc) is 2.79. The number of allylic oxidation sites excluding steroid dienone is 3. The molecule has 12 heteroatoms. The second-order valence-electron chi connectivity index (χ2n) is 5.97. The second kappa shape index (κ2) is 7.62. The molecule has 156 valence electrons. The molecule has 3 nitrogen and oxygen atoms in total. The molecule has 0 bridgehead atoms. The summed E-state index contributed by atoms with van der Waals surface area (Å²) in [5.41, 5.74) is 3.49. The van der Waals surface area contributed by atoms with Crippen molar-refractivity contribution in [1.29, 1.82) is 0 Å². The summed E-state index contributed by atoms with van der Waals surface area (Å²) in [6.45, 7) is 4.19. The second-order valence-corrected chi connectivity index (χ2v) is 8.59. The molecule has 1 aliphatic heterocycles. The normalized spacial score (nSPS) is 18.7. The number of rotatable bonds is 3. The highest BCUT2D eigenvalue weighted by molar-refractivity contribution is 8.07. The molecule has 0 aromatic heterocycles. The number of halogens is 7. The predicted octanol–water partition coefficient (Wildman–Crippen LogP) is 5.30. The number of benzene rings is 1. The number of thioether (sulfide) groups is 1. The van der Waals surface area contributed by atoms with Gasteiger partial charge in [0, 0.05) is 15.5 Å². The van der Waals surface area contributed by atoms with Crippen molar-refractivity contribution in [2.75, 3.05) is 10.7 Å². The van der Waals surface area contributed by atoms with Crippen LogP contribution in [0.5, 0.6) is 0 Å².